The van der Waals surface area contributed by atoms with E-state index in [2.05, 4.69) is 10.0 Å². The zero-order chi connectivity index (χ0) is 26.6. The van der Waals surface area contributed by atoms with E-state index in [4.69, 9.17) is 27.9 Å². The van der Waals surface area contributed by atoms with Crippen LogP contribution < -0.4 is 14.9 Å². The average Bonchev–Trinajstić information content (AvgIpc) is 2.80. The Balaban J connectivity index is 1.75. The first-order valence-electron chi connectivity index (χ1n) is 10.4. The number of amides is 1. The Bertz CT molecular complexity index is 1380. The third-order valence-electron chi connectivity index (χ3n) is 4.93. The maximum Gasteiger partial charge on any atom is 0.340 e. The molecule has 1 atom stereocenters. The van der Waals surface area contributed by atoms with Gasteiger partial charge < -0.3 is 15.0 Å². The minimum Gasteiger partial charge on any atom is -0.449 e. The van der Waals surface area contributed by atoms with E-state index < -0.39 is 38.7 Å². The lowest BCUT2D eigenvalue weighted by molar-refractivity contribution is -0.123. The Morgan fingerprint density at radius 2 is 1.53 bits per heavy atom. The monoisotopic (exact) mass is 553 g/mol. The second-order valence-corrected chi connectivity index (χ2v) is 10.3. The van der Waals surface area contributed by atoms with Crippen molar-refractivity contribution < 1.29 is 27.1 Å². The van der Waals surface area contributed by atoms with Crippen molar-refractivity contribution in [3.8, 4) is 0 Å². The summed E-state index contributed by atoms with van der Waals surface area (Å²) in [4.78, 5) is 26.7. The van der Waals surface area contributed by atoms with Gasteiger partial charge in [-0.2, -0.15) is 0 Å². The Morgan fingerprint density at radius 3 is 2.11 bits per heavy atom. The molecule has 1 amide bonds. The number of rotatable bonds is 8. The Hall–Kier alpha value is -3.34. The van der Waals surface area contributed by atoms with Gasteiger partial charge in [-0.05, 0) is 67.6 Å². The molecule has 3 aromatic carbocycles. The number of anilines is 3. The number of halogens is 3. The van der Waals surface area contributed by atoms with Crippen LogP contribution in [0.2, 0.25) is 10.0 Å². The van der Waals surface area contributed by atoms with Crippen LogP contribution in [0.1, 0.15) is 17.3 Å². The molecule has 0 saturated heterocycles. The van der Waals surface area contributed by atoms with Gasteiger partial charge in [0.05, 0.1) is 15.6 Å². The van der Waals surface area contributed by atoms with E-state index in [0.29, 0.717) is 5.69 Å². The maximum absolute atomic E-state index is 13.1. The van der Waals surface area contributed by atoms with Crippen LogP contribution in [0.4, 0.5) is 21.5 Å². The fourth-order valence-corrected chi connectivity index (χ4v) is 4.89. The first-order valence-corrected chi connectivity index (χ1v) is 12.7. The molecule has 0 radical (unpaired) electrons. The summed E-state index contributed by atoms with van der Waals surface area (Å²) in [6.45, 7) is 1.36. The fourth-order valence-electron chi connectivity index (χ4n) is 2.98. The largest absolute Gasteiger partial charge is 0.449 e. The lowest BCUT2D eigenvalue weighted by Crippen LogP contribution is -2.30. The molecule has 8 nitrogen and oxygen atoms in total. The van der Waals surface area contributed by atoms with Gasteiger partial charge in [0.1, 0.15) is 10.7 Å². The van der Waals surface area contributed by atoms with E-state index in [1.54, 1.807) is 12.1 Å². The van der Waals surface area contributed by atoms with Crippen molar-refractivity contribution in [2.45, 2.75) is 17.9 Å². The predicted octanol–water partition coefficient (Wildman–Crippen LogP) is 5.18. The molecule has 0 aliphatic rings. The number of carbonyl (C=O) groups excluding carboxylic acids is 2. The summed E-state index contributed by atoms with van der Waals surface area (Å²) >= 11 is 12.2. The van der Waals surface area contributed by atoms with Crippen molar-refractivity contribution >= 4 is 62.2 Å². The first kappa shape index (κ1) is 27.3. The molecule has 2 N–H and O–H groups in total. The smallest absolute Gasteiger partial charge is 0.340 e. The predicted molar refractivity (Wildman–Crippen MR) is 138 cm³/mol. The standard InChI is InChI=1S/C24H22Cl2FN3O5S/c1-14(23(31)28-16-8-10-18(11-9-16)30(2)3)35-24(32)19-12-22(21(26)13-20(19)25)36(33,34)29-17-6-4-15(27)5-7-17/h4-14,29H,1-3H3,(H,28,31). The van der Waals surface area contributed by atoms with Gasteiger partial charge in [0.2, 0.25) is 0 Å². The molecular weight excluding hydrogens is 532 g/mol. The summed E-state index contributed by atoms with van der Waals surface area (Å²) in [5.74, 6) is -2.17. The van der Waals surface area contributed by atoms with Crippen LogP contribution in [0.3, 0.4) is 0 Å². The number of nitrogens with one attached hydrogen (secondary N) is 2. The Kier molecular flexibility index (Phi) is 8.44. The summed E-state index contributed by atoms with van der Waals surface area (Å²) in [5.41, 5.74) is 1.20. The van der Waals surface area contributed by atoms with Crippen molar-refractivity contribution in [3.05, 3.63) is 82.1 Å². The highest BCUT2D eigenvalue weighted by molar-refractivity contribution is 7.92. The number of ether oxygens (including phenoxy) is 1. The molecule has 3 rings (SSSR count). The molecule has 0 saturated carbocycles. The molecule has 0 aliphatic heterocycles. The van der Waals surface area contributed by atoms with Crippen LogP contribution in [0.25, 0.3) is 0 Å². The van der Waals surface area contributed by atoms with Crippen molar-refractivity contribution in [2.75, 3.05) is 29.0 Å². The van der Waals surface area contributed by atoms with Crippen molar-refractivity contribution in [3.63, 3.8) is 0 Å². The lowest BCUT2D eigenvalue weighted by Gasteiger charge is -2.16. The number of carbonyl (C=O) groups is 2. The molecule has 0 bridgehead atoms. The van der Waals surface area contributed by atoms with Crippen molar-refractivity contribution in [1.82, 2.24) is 0 Å². The summed E-state index contributed by atoms with van der Waals surface area (Å²) in [6.07, 6.45) is -1.23. The van der Waals surface area contributed by atoms with Gasteiger partial charge in [0, 0.05) is 31.2 Å². The van der Waals surface area contributed by atoms with Gasteiger partial charge >= 0.3 is 5.97 Å². The topological polar surface area (TPSA) is 105 Å². The van der Waals surface area contributed by atoms with Gasteiger partial charge in [-0.1, -0.05) is 23.2 Å². The van der Waals surface area contributed by atoms with Crippen LogP contribution in [0, 0.1) is 5.82 Å². The summed E-state index contributed by atoms with van der Waals surface area (Å²) in [5, 5.41) is 2.21. The Labute approximate surface area is 218 Å². The second kappa shape index (κ2) is 11.2. The molecule has 190 valence electrons. The van der Waals surface area contributed by atoms with Crippen LogP contribution in [0.5, 0.6) is 0 Å². The number of esters is 1. The zero-order valence-corrected chi connectivity index (χ0v) is 21.7. The van der Waals surface area contributed by atoms with Crippen LogP contribution in [-0.4, -0.2) is 40.5 Å². The third kappa shape index (κ3) is 6.66. The summed E-state index contributed by atoms with van der Waals surface area (Å²) in [7, 11) is -0.515. The van der Waals surface area contributed by atoms with E-state index in [9.17, 15) is 22.4 Å². The van der Waals surface area contributed by atoms with E-state index in [-0.39, 0.29) is 21.3 Å². The summed E-state index contributed by atoms with van der Waals surface area (Å²) < 4.78 is 46.3. The number of sulfonamides is 1. The highest BCUT2D eigenvalue weighted by Crippen LogP contribution is 2.31. The number of hydrogen-bond acceptors (Lipinski definition) is 6. The SMILES string of the molecule is CC(OC(=O)c1cc(S(=O)(=O)Nc2ccc(F)cc2)c(Cl)cc1Cl)C(=O)Nc1ccc(N(C)C)cc1. The summed E-state index contributed by atoms with van der Waals surface area (Å²) in [6, 6.07) is 13.6. The quantitative estimate of drug-likeness (QED) is 0.372. The normalized spacial score (nSPS) is 11.9. The number of benzene rings is 3. The van der Waals surface area contributed by atoms with Crippen LogP contribution >= 0.6 is 23.2 Å². The van der Waals surface area contributed by atoms with E-state index >= 15 is 0 Å². The minimum atomic E-state index is -4.28. The highest BCUT2D eigenvalue weighted by atomic mass is 35.5. The van der Waals surface area contributed by atoms with E-state index in [1.165, 1.54) is 19.1 Å². The maximum atomic E-state index is 13.1. The number of hydrogen-bond donors (Lipinski definition) is 2. The molecule has 0 fully saturated rings. The van der Waals surface area contributed by atoms with Crippen LogP contribution in [0.15, 0.2) is 65.6 Å². The number of nitrogens with zero attached hydrogens (tertiary/aromatic N) is 1. The zero-order valence-electron chi connectivity index (χ0n) is 19.4. The molecule has 3 aromatic rings. The van der Waals surface area contributed by atoms with Gasteiger partial charge in [0.15, 0.2) is 6.10 Å². The second-order valence-electron chi connectivity index (χ2n) is 7.85. The molecular formula is C24H22Cl2FN3O5S. The third-order valence-corrected chi connectivity index (χ3v) is 7.09. The molecule has 1 unspecified atom stereocenters. The molecule has 0 aliphatic carbocycles. The minimum absolute atomic E-state index is 0.0791. The molecule has 0 spiro atoms. The van der Waals surface area contributed by atoms with E-state index in [1.807, 2.05) is 31.1 Å². The van der Waals surface area contributed by atoms with Crippen molar-refractivity contribution in [2.24, 2.45) is 0 Å². The van der Waals surface area contributed by atoms with Gasteiger partial charge in [-0.3, -0.25) is 9.52 Å². The first-order chi connectivity index (χ1) is 16.9. The lowest BCUT2D eigenvalue weighted by atomic mass is 10.2. The average molecular weight is 554 g/mol. The van der Waals surface area contributed by atoms with E-state index in [0.717, 1.165) is 30.0 Å². The van der Waals surface area contributed by atoms with Crippen LogP contribution in [-0.2, 0) is 19.6 Å². The van der Waals surface area contributed by atoms with Crippen molar-refractivity contribution in [1.29, 1.82) is 0 Å². The fraction of sp³-hybridized carbons (Fsp3) is 0.167. The van der Waals surface area contributed by atoms with Gasteiger partial charge in [-0.15, -0.1) is 0 Å². The van der Waals surface area contributed by atoms with Gasteiger partial charge in [0.25, 0.3) is 15.9 Å². The molecule has 12 heteroatoms. The van der Waals surface area contributed by atoms with Gasteiger partial charge in [-0.25, -0.2) is 17.6 Å². The molecule has 0 heterocycles. The Morgan fingerprint density at radius 1 is 0.944 bits per heavy atom. The molecule has 0 aromatic heterocycles. The molecule has 36 heavy (non-hydrogen) atoms. The highest BCUT2D eigenvalue weighted by Gasteiger charge is 2.26.